The van der Waals surface area contributed by atoms with Crippen LogP contribution in [0.5, 0.6) is 0 Å². The molecule has 0 spiro atoms. The Morgan fingerprint density at radius 1 is 0.969 bits per heavy atom. The number of rotatable bonds is 8. The SMILES string of the molecule is CCc1nn(-c2cccc(C)c2)c(N2CCN(C)CC2)c1CN(CC)Cc1ccccn1. The maximum atomic E-state index is 5.15. The normalized spacial score (nSPS) is 15.0. The highest BCUT2D eigenvalue weighted by molar-refractivity contribution is 5.56. The second kappa shape index (κ2) is 10.3. The fraction of sp³-hybridized carbons (Fsp3) is 0.462. The summed E-state index contributed by atoms with van der Waals surface area (Å²) in [6, 6.07) is 14.8. The van der Waals surface area contributed by atoms with Crippen LogP contribution in [0.1, 0.15) is 36.4 Å². The van der Waals surface area contributed by atoms with E-state index in [0.717, 1.165) is 63.6 Å². The average molecular weight is 433 g/mol. The first-order valence-electron chi connectivity index (χ1n) is 11.8. The van der Waals surface area contributed by atoms with Crippen LogP contribution in [0.25, 0.3) is 5.69 Å². The van der Waals surface area contributed by atoms with Gasteiger partial charge in [-0.25, -0.2) is 4.68 Å². The zero-order valence-electron chi connectivity index (χ0n) is 20.0. The van der Waals surface area contributed by atoms with Gasteiger partial charge in [-0.3, -0.25) is 9.88 Å². The van der Waals surface area contributed by atoms with Crippen molar-refractivity contribution >= 4 is 5.82 Å². The molecule has 170 valence electrons. The van der Waals surface area contributed by atoms with Crippen LogP contribution in [0.2, 0.25) is 0 Å². The van der Waals surface area contributed by atoms with Crippen LogP contribution >= 0.6 is 0 Å². The van der Waals surface area contributed by atoms with Crippen LogP contribution in [-0.2, 0) is 19.5 Å². The summed E-state index contributed by atoms with van der Waals surface area (Å²) in [5.41, 5.74) is 6.07. The van der Waals surface area contributed by atoms with Gasteiger partial charge in [0.15, 0.2) is 0 Å². The summed E-state index contributed by atoms with van der Waals surface area (Å²) < 4.78 is 2.20. The highest BCUT2D eigenvalue weighted by atomic mass is 15.4. The van der Waals surface area contributed by atoms with Gasteiger partial charge < -0.3 is 9.80 Å². The van der Waals surface area contributed by atoms with E-state index in [1.54, 1.807) is 0 Å². The number of aryl methyl sites for hydroxylation is 2. The molecule has 1 aromatic carbocycles. The van der Waals surface area contributed by atoms with Crippen molar-refractivity contribution in [2.75, 3.05) is 44.7 Å². The Morgan fingerprint density at radius 3 is 2.44 bits per heavy atom. The van der Waals surface area contributed by atoms with Crippen LogP contribution in [0.3, 0.4) is 0 Å². The number of hydrogen-bond donors (Lipinski definition) is 0. The molecule has 0 saturated carbocycles. The molecule has 1 aliphatic rings. The van der Waals surface area contributed by atoms with Gasteiger partial charge in [0.05, 0.1) is 17.1 Å². The Labute approximate surface area is 192 Å². The monoisotopic (exact) mass is 432 g/mol. The predicted octanol–water partition coefficient (Wildman–Crippen LogP) is 3.91. The third-order valence-electron chi connectivity index (χ3n) is 6.36. The first-order valence-corrected chi connectivity index (χ1v) is 11.8. The van der Waals surface area contributed by atoms with Crippen molar-refractivity contribution in [1.29, 1.82) is 0 Å². The van der Waals surface area contributed by atoms with Crippen LogP contribution in [0.15, 0.2) is 48.7 Å². The molecule has 0 bridgehead atoms. The van der Waals surface area contributed by atoms with Gasteiger partial charge in [0, 0.05) is 51.0 Å². The second-order valence-corrected chi connectivity index (χ2v) is 8.77. The van der Waals surface area contributed by atoms with E-state index in [4.69, 9.17) is 5.10 Å². The molecule has 4 rings (SSSR count). The molecule has 0 radical (unpaired) electrons. The van der Waals surface area contributed by atoms with Gasteiger partial charge in [-0.05, 0) is 56.8 Å². The van der Waals surface area contributed by atoms with E-state index < -0.39 is 0 Å². The highest BCUT2D eigenvalue weighted by Crippen LogP contribution is 2.31. The zero-order valence-corrected chi connectivity index (χ0v) is 20.0. The molecule has 0 amide bonds. The Hall–Kier alpha value is -2.70. The van der Waals surface area contributed by atoms with E-state index in [1.807, 2.05) is 12.3 Å². The first-order chi connectivity index (χ1) is 15.6. The Kier molecular flexibility index (Phi) is 7.22. The van der Waals surface area contributed by atoms with Crippen LogP contribution in [0.4, 0.5) is 5.82 Å². The fourth-order valence-electron chi connectivity index (χ4n) is 4.44. The Morgan fingerprint density at radius 2 is 1.78 bits per heavy atom. The number of piperazine rings is 1. The number of anilines is 1. The summed E-state index contributed by atoms with van der Waals surface area (Å²) in [5.74, 6) is 1.26. The summed E-state index contributed by atoms with van der Waals surface area (Å²) in [7, 11) is 2.21. The lowest BCUT2D eigenvalue weighted by atomic mass is 10.1. The van der Waals surface area contributed by atoms with Crippen molar-refractivity contribution in [3.8, 4) is 5.69 Å². The van der Waals surface area contributed by atoms with Crippen molar-refractivity contribution in [3.63, 3.8) is 0 Å². The molecular weight excluding hydrogens is 396 g/mol. The minimum Gasteiger partial charge on any atom is -0.354 e. The van der Waals surface area contributed by atoms with Gasteiger partial charge >= 0.3 is 0 Å². The van der Waals surface area contributed by atoms with E-state index in [-0.39, 0.29) is 0 Å². The Balaban J connectivity index is 1.74. The molecule has 1 saturated heterocycles. The van der Waals surface area contributed by atoms with Gasteiger partial charge in [-0.2, -0.15) is 5.10 Å². The molecule has 3 aromatic rings. The molecular formula is C26H36N6. The van der Waals surface area contributed by atoms with E-state index in [2.05, 4.69) is 88.6 Å². The molecule has 0 N–H and O–H groups in total. The zero-order chi connectivity index (χ0) is 22.5. The lowest BCUT2D eigenvalue weighted by molar-refractivity contribution is 0.266. The third kappa shape index (κ3) is 5.03. The smallest absolute Gasteiger partial charge is 0.137 e. The van der Waals surface area contributed by atoms with Crippen LogP contribution in [-0.4, -0.2) is 64.3 Å². The maximum absolute atomic E-state index is 5.15. The lowest BCUT2D eigenvalue weighted by Crippen LogP contribution is -2.45. The molecule has 0 aliphatic carbocycles. The summed E-state index contributed by atoms with van der Waals surface area (Å²) in [6.07, 6.45) is 2.81. The molecule has 0 atom stereocenters. The summed E-state index contributed by atoms with van der Waals surface area (Å²) in [6.45, 7) is 13.5. The number of likely N-dealkylation sites (N-methyl/N-ethyl adjacent to an activating group) is 1. The summed E-state index contributed by atoms with van der Waals surface area (Å²) in [4.78, 5) is 12.0. The lowest BCUT2D eigenvalue weighted by Gasteiger charge is -2.35. The van der Waals surface area contributed by atoms with Gasteiger partial charge in [0.2, 0.25) is 0 Å². The predicted molar refractivity (Wildman–Crippen MR) is 131 cm³/mol. The minimum atomic E-state index is 0.846. The van der Waals surface area contributed by atoms with Crippen molar-refractivity contribution < 1.29 is 0 Å². The molecule has 3 heterocycles. The number of nitrogens with zero attached hydrogens (tertiary/aromatic N) is 6. The fourth-order valence-corrected chi connectivity index (χ4v) is 4.44. The number of benzene rings is 1. The highest BCUT2D eigenvalue weighted by Gasteiger charge is 2.26. The molecule has 6 nitrogen and oxygen atoms in total. The number of aromatic nitrogens is 3. The van der Waals surface area contributed by atoms with Gasteiger partial charge in [-0.15, -0.1) is 0 Å². The van der Waals surface area contributed by atoms with E-state index in [1.165, 1.54) is 22.6 Å². The van der Waals surface area contributed by atoms with E-state index in [0.29, 0.717) is 0 Å². The third-order valence-corrected chi connectivity index (χ3v) is 6.36. The summed E-state index contributed by atoms with van der Waals surface area (Å²) >= 11 is 0. The van der Waals surface area contributed by atoms with Gasteiger partial charge in [-0.1, -0.05) is 32.0 Å². The van der Waals surface area contributed by atoms with Crippen molar-refractivity contribution in [3.05, 3.63) is 71.2 Å². The van der Waals surface area contributed by atoms with Crippen LogP contribution in [0, 0.1) is 6.92 Å². The molecule has 32 heavy (non-hydrogen) atoms. The average Bonchev–Trinajstić information content (AvgIpc) is 3.18. The Bertz CT molecular complexity index is 1000. The summed E-state index contributed by atoms with van der Waals surface area (Å²) in [5, 5.41) is 5.15. The molecule has 6 heteroatoms. The quantitative estimate of drug-likeness (QED) is 0.540. The van der Waals surface area contributed by atoms with Crippen molar-refractivity contribution in [2.24, 2.45) is 0 Å². The minimum absolute atomic E-state index is 0.846. The van der Waals surface area contributed by atoms with Crippen LogP contribution < -0.4 is 4.90 Å². The molecule has 1 aliphatic heterocycles. The number of pyridine rings is 1. The van der Waals surface area contributed by atoms with E-state index >= 15 is 0 Å². The number of hydrogen-bond acceptors (Lipinski definition) is 5. The standard InChI is InChI=1S/C26H36N6/c1-5-25-24(20-30(6-2)19-22-11-7-8-13-27-22)26(31-16-14-29(4)15-17-31)32(28-25)23-12-9-10-21(3)18-23/h7-13,18H,5-6,14-17,19-20H2,1-4H3. The molecule has 1 fully saturated rings. The van der Waals surface area contributed by atoms with E-state index in [9.17, 15) is 0 Å². The van der Waals surface area contributed by atoms with Crippen molar-refractivity contribution in [1.82, 2.24) is 24.6 Å². The maximum Gasteiger partial charge on any atom is 0.137 e. The first kappa shape index (κ1) is 22.5. The van der Waals surface area contributed by atoms with Gasteiger partial charge in [0.1, 0.15) is 5.82 Å². The van der Waals surface area contributed by atoms with Crippen molar-refractivity contribution in [2.45, 2.75) is 40.3 Å². The van der Waals surface area contributed by atoms with Gasteiger partial charge in [0.25, 0.3) is 0 Å². The molecule has 0 unspecified atom stereocenters. The topological polar surface area (TPSA) is 40.4 Å². The molecule has 2 aromatic heterocycles. The largest absolute Gasteiger partial charge is 0.354 e. The second-order valence-electron chi connectivity index (χ2n) is 8.77.